The number of ether oxygens (including phenoxy) is 1. The predicted octanol–water partition coefficient (Wildman–Crippen LogP) is 3.79. The third-order valence-corrected chi connectivity index (χ3v) is 3.64. The van der Waals surface area contributed by atoms with Crippen molar-refractivity contribution in [2.24, 2.45) is 0 Å². The lowest BCUT2D eigenvalue weighted by Crippen LogP contribution is -2.26. The summed E-state index contributed by atoms with van der Waals surface area (Å²) in [5.41, 5.74) is 1.08. The second kappa shape index (κ2) is 7.28. The highest BCUT2D eigenvalue weighted by atomic mass is 79.9. The lowest BCUT2D eigenvalue weighted by atomic mass is 10.1. The van der Waals surface area contributed by atoms with Gasteiger partial charge in [-0.05, 0) is 40.5 Å². The molecule has 1 atom stereocenters. The van der Waals surface area contributed by atoms with E-state index in [1.54, 1.807) is 7.11 Å². The fourth-order valence-corrected chi connectivity index (χ4v) is 2.17. The van der Waals surface area contributed by atoms with Crippen LogP contribution in [0.25, 0.3) is 0 Å². The quantitative estimate of drug-likeness (QED) is 0.863. The van der Waals surface area contributed by atoms with Crippen molar-refractivity contribution in [3.8, 4) is 0 Å². The van der Waals surface area contributed by atoms with Gasteiger partial charge in [0.2, 0.25) is 0 Å². The summed E-state index contributed by atoms with van der Waals surface area (Å²) in [7, 11) is 1.70. The topological polar surface area (TPSA) is 21.3 Å². The number of methoxy groups -OCH3 is 1. The molecule has 0 aliphatic rings. The van der Waals surface area contributed by atoms with Gasteiger partial charge in [-0.2, -0.15) is 0 Å². The predicted molar refractivity (Wildman–Crippen MR) is 72.1 cm³/mol. The van der Waals surface area contributed by atoms with E-state index in [0.717, 1.165) is 28.0 Å². The molecule has 16 heavy (non-hydrogen) atoms. The summed E-state index contributed by atoms with van der Waals surface area (Å²) in [5.74, 6) is 0. The molecule has 0 aliphatic carbocycles. The lowest BCUT2D eigenvalue weighted by Gasteiger charge is -2.19. The molecule has 0 spiro atoms. The lowest BCUT2D eigenvalue weighted by molar-refractivity contribution is 0.167. The molecule has 0 aliphatic heterocycles. The van der Waals surface area contributed by atoms with E-state index in [4.69, 9.17) is 16.3 Å². The van der Waals surface area contributed by atoms with Gasteiger partial charge in [0.05, 0.1) is 17.7 Å². The van der Waals surface area contributed by atoms with Crippen LogP contribution in [0.1, 0.15) is 24.9 Å². The molecule has 0 radical (unpaired) electrons. The van der Waals surface area contributed by atoms with Crippen LogP contribution in [0.3, 0.4) is 0 Å². The molecule has 4 heteroatoms. The third-order valence-electron chi connectivity index (χ3n) is 2.33. The monoisotopic (exact) mass is 305 g/mol. The van der Waals surface area contributed by atoms with Crippen LogP contribution in [0.15, 0.2) is 22.7 Å². The van der Waals surface area contributed by atoms with Crippen LogP contribution in [0.4, 0.5) is 0 Å². The minimum absolute atomic E-state index is 0.148. The molecule has 0 saturated heterocycles. The number of nitrogens with one attached hydrogen (secondary N) is 1. The van der Waals surface area contributed by atoms with Gasteiger partial charge in [-0.3, -0.25) is 0 Å². The van der Waals surface area contributed by atoms with E-state index in [-0.39, 0.29) is 6.04 Å². The molecule has 2 nitrogen and oxygen atoms in total. The Morgan fingerprint density at radius 2 is 2.25 bits per heavy atom. The van der Waals surface area contributed by atoms with E-state index in [9.17, 15) is 0 Å². The van der Waals surface area contributed by atoms with Crippen molar-refractivity contribution in [3.05, 3.63) is 33.3 Å². The highest BCUT2D eigenvalue weighted by Gasteiger charge is 2.15. The Labute approximate surface area is 110 Å². The van der Waals surface area contributed by atoms with Crippen molar-refractivity contribution in [1.82, 2.24) is 5.32 Å². The fourth-order valence-electron chi connectivity index (χ4n) is 1.53. The molecule has 1 N–H and O–H groups in total. The van der Waals surface area contributed by atoms with Gasteiger partial charge in [-0.15, -0.1) is 0 Å². The Morgan fingerprint density at radius 1 is 1.50 bits per heavy atom. The molecule has 90 valence electrons. The Bertz CT molecular complexity index is 333. The van der Waals surface area contributed by atoms with Gasteiger partial charge in [0.25, 0.3) is 0 Å². The zero-order valence-corrected chi connectivity index (χ0v) is 11.9. The maximum absolute atomic E-state index is 6.26. The van der Waals surface area contributed by atoms with Crippen molar-refractivity contribution in [2.75, 3.05) is 20.3 Å². The summed E-state index contributed by atoms with van der Waals surface area (Å²) in [6, 6.07) is 6.10. The molecule has 1 unspecified atom stereocenters. The average Bonchev–Trinajstić information content (AvgIpc) is 2.28. The van der Waals surface area contributed by atoms with Gasteiger partial charge in [0.15, 0.2) is 0 Å². The maximum atomic E-state index is 6.26. The molecule has 0 aromatic heterocycles. The van der Waals surface area contributed by atoms with E-state index in [1.807, 2.05) is 18.2 Å². The Morgan fingerprint density at radius 3 is 2.88 bits per heavy atom. The number of hydrogen-bond donors (Lipinski definition) is 1. The van der Waals surface area contributed by atoms with Crippen LogP contribution >= 0.6 is 27.5 Å². The molecule has 0 heterocycles. The van der Waals surface area contributed by atoms with Crippen molar-refractivity contribution >= 4 is 27.5 Å². The number of rotatable bonds is 6. The molecule has 0 fully saturated rings. The highest BCUT2D eigenvalue weighted by Crippen LogP contribution is 2.30. The smallest absolute Gasteiger partial charge is 0.0658 e. The van der Waals surface area contributed by atoms with E-state index in [0.29, 0.717) is 6.61 Å². The van der Waals surface area contributed by atoms with Crippen LogP contribution in [-0.4, -0.2) is 20.3 Å². The average molecular weight is 307 g/mol. The molecule has 0 saturated carbocycles. The zero-order valence-electron chi connectivity index (χ0n) is 9.59. The first-order valence-corrected chi connectivity index (χ1v) is 6.54. The number of benzene rings is 1. The third kappa shape index (κ3) is 3.74. The zero-order chi connectivity index (χ0) is 12.0. The van der Waals surface area contributed by atoms with Gasteiger partial charge in [-0.1, -0.05) is 30.7 Å². The van der Waals surface area contributed by atoms with Crippen LogP contribution < -0.4 is 5.32 Å². The van der Waals surface area contributed by atoms with Crippen LogP contribution in [0.2, 0.25) is 5.02 Å². The summed E-state index contributed by atoms with van der Waals surface area (Å²) in [6.07, 6.45) is 1.09. The standard InChI is InChI=1S/C12H17BrClNO/c1-3-7-15-11(8-16-2)9-5-4-6-10(13)12(9)14/h4-6,11,15H,3,7-8H2,1-2H3. The molecule has 0 amide bonds. The van der Waals surface area contributed by atoms with Crippen LogP contribution in [0.5, 0.6) is 0 Å². The van der Waals surface area contributed by atoms with E-state index in [1.165, 1.54) is 0 Å². The van der Waals surface area contributed by atoms with E-state index >= 15 is 0 Å². The summed E-state index contributed by atoms with van der Waals surface area (Å²) in [5, 5.41) is 4.18. The van der Waals surface area contributed by atoms with Gasteiger partial charge >= 0.3 is 0 Å². The van der Waals surface area contributed by atoms with Crippen LogP contribution in [0, 0.1) is 0 Å². The summed E-state index contributed by atoms with van der Waals surface area (Å²) >= 11 is 9.69. The number of hydrogen-bond acceptors (Lipinski definition) is 2. The van der Waals surface area contributed by atoms with Crippen molar-refractivity contribution in [2.45, 2.75) is 19.4 Å². The van der Waals surface area contributed by atoms with Crippen LogP contribution in [-0.2, 0) is 4.74 Å². The first-order valence-electron chi connectivity index (χ1n) is 5.37. The molecule has 1 rings (SSSR count). The fraction of sp³-hybridized carbons (Fsp3) is 0.500. The first kappa shape index (κ1) is 14.0. The van der Waals surface area contributed by atoms with Gasteiger partial charge in [0.1, 0.15) is 0 Å². The second-order valence-electron chi connectivity index (χ2n) is 3.61. The van der Waals surface area contributed by atoms with E-state index < -0.39 is 0 Å². The Balaban J connectivity index is 2.86. The van der Waals surface area contributed by atoms with Crippen molar-refractivity contribution in [3.63, 3.8) is 0 Å². The number of halogens is 2. The van der Waals surface area contributed by atoms with Gasteiger partial charge in [-0.25, -0.2) is 0 Å². The Kier molecular flexibility index (Phi) is 6.36. The SMILES string of the molecule is CCCNC(COC)c1cccc(Br)c1Cl. The Hall–Kier alpha value is -0.0900. The first-order chi connectivity index (χ1) is 7.70. The summed E-state index contributed by atoms with van der Waals surface area (Å²) in [4.78, 5) is 0. The van der Waals surface area contributed by atoms with E-state index in [2.05, 4.69) is 28.2 Å². The molecule has 1 aromatic rings. The molecule has 0 bridgehead atoms. The second-order valence-corrected chi connectivity index (χ2v) is 4.84. The minimum atomic E-state index is 0.148. The van der Waals surface area contributed by atoms with Gasteiger partial charge < -0.3 is 10.1 Å². The van der Waals surface area contributed by atoms with Crippen molar-refractivity contribution < 1.29 is 4.74 Å². The molecule has 1 aromatic carbocycles. The largest absolute Gasteiger partial charge is 0.383 e. The molecular weight excluding hydrogens is 289 g/mol. The highest BCUT2D eigenvalue weighted by molar-refractivity contribution is 9.10. The van der Waals surface area contributed by atoms with Crippen molar-refractivity contribution in [1.29, 1.82) is 0 Å². The summed E-state index contributed by atoms with van der Waals surface area (Å²) in [6.45, 7) is 3.71. The minimum Gasteiger partial charge on any atom is -0.383 e. The summed E-state index contributed by atoms with van der Waals surface area (Å²) < 4.78 is 6.14. The van der Waals surface area contributed by atoms with Gasteiger partial charge in [0, 0.05) is 11.6 Å². The maximum Gasteiger partial charge on any atom is 0.0658 e. The normalized spacial score (nSPS) is 12.8. The molecular formula is C12H17BrClNO.